The number of aliphatic hydroxyl groups excluding tert-OH is 2. The van der Waals surface area contributed by atoms with Gasteiger partial charge in [0, 0.05) is 6.42 Å². The predicted molar refractivity (Wildman–Crippen MR) is 221 cm³/mol. The summed E-state index contributed by atoms with van der Waals surface area (Å²) in [4.78, 5) is 12.4. The van der Waals surface area contributed by atoms with Crippen LogP contribution in [0, 0.1) is 0 Å². The molecule has 0 aromatic heterocycles. The van der Waals surface area contributed by atoms with Gasteiger partial charge in [0.1, 0.15) is 0 Å². The van der Waals surface area contributed by atoms with Crippen molar-refractivity contribution < 1.29 is 15.0 Å². The summed E-state index contributed by atoms with van der Waals surface area (Å²) in [5.74, 6) is -0.0700. The lowest BCUT2D eigenvalue weighted by Crippen LogP contribution is -2.45. The monoisotopic (exact) mass is 704 g/mol. The first-order valence-corrected chi connectivity index (χ1v) is 22.6. The smallest absolute Gasteiger partial charge is 0.220 e. The minimum Gasteiger partial charge on any atom is -0.394 e. The van der Waals surface area contributed by atoms with E-state index < -0.39 is 12.1 Å². The zero-order valence-corrected chi connectivity index (χ0v) is 33.9. The van der Waals surface area contributed by atoms with E-state index in [0.29, 0.717) is 6.42 Å². The second kappa shape index (κ2) is 42.3. The molecule has 0 fully saturated rings. The fourth-order valence-corrected chi connectivity index (χ4v) is 6.96. The number of rotatable bonds is 41. The predicted octanol–water partition coefficient (Wildman–Crippen LogP) is 14.0. The van der Waals surface area contributed by atoms with Gasteiger partial charge in [-0.15, -0.1) is 0 Å². The van der Waals surface area contributed by atoms with Gasteiger partial charge in [-0.1, -0.05) is 231 Å². The molecule has 0 aliphatic heterocycles. The lowest BCUT2D eigenvalue weighted by atomic mass is 10.0. The Balaban J connectivity index is 3.57. The summed E-state index contributed by atoms with van der Waals surface area (Å²) in [6.45, 7) is 4.32. The van der Waals surface area contributed by atoms with Crippen LogP contribution in [-0.4, -0.2) is 34.9 Å². The molecule has 50 heavy (non-hydrogen) atoms. The van der Waals surface area contributed by atoms with Gasteiger partial charge in [-0.25, -0.2) is 0 Å². The van der Waals surface area contributed by atoms with Gasteiger partial charge in [0.05, 0.1) is 18.8 Å². The normalized spacial score (nSPS) is 13.1. The van der Waals surface area contributed by atoms with Crippen molar-refractivity contribution in [2.24, 2.45) is 0 Å². The number of carbonyl (C=O) groups excluding carboxylic acids is 1. The quantitative estimate of drug-likeness (QED) is 0.0438. The maximum Gasteiger partial charge on any atom is 0.220 e. The Hall–Kier alpha value is -1.13. The lowest BCUT2D eigenvalue weighted by Gasteiger charge is -2.19. The van der Waals surface area contributed by atoms with Crippen LogP contribution in [0.1, 0.15) is 245 Å². The molecule has 296 valence electrons. The van der Waals surface area contributed by atoms with E-state index in [1.807, 2.05) is 6.08 Å². The molecule has 3 N–H and O–H groups in total. The molecular formula is C46H89NO3. The van der Waals surface area contributed by atoms with Crippen LogP contribution in [0.4, 0.5) is 0 Å². The van der Waals surface area contributed by atoms with Crippen LogP contribution in [0.2, 0.25) is 0 Å². The summed E-state index contributed by atoms with van der Waals surface area (Å²) in [5.41, 5.74) is 0. The largest absolute Gasteiger partial charge is 0.394 e. The van der Waals surface area contributed by atoms with E-state index in [0.717, 1.165) is 32.1 Å². The third kappa shape index (κ3) is 38.1. The highest BCUT2D eigenvalue weighted by Crippen LogP contribution is 2.16. The second-order valence-corrected chi connectivity index (χ2v) is 15.5. The fraction of sp³-hybridized carbons (Fsp3) is 0.891. The van der Waals surface area contributed by atoms with Crippen LogP contribution in [-0.2, 0) is 4.79 Å². The number of hydrogen-bond acceptors (Lipinski definition) is 3. The summed E-state index contributed by atoms with van der Waals surface area (Å²) in [6.07, 6.45) is 54.3. The number of aliphatic hydroxyl groups is 2. The van der Waals surface area contributed by atoms with Crippen molar-refractivity contribution in [2.45, 2.75) is 257 Å². The molecule has 2 unspecified atom stereocenters. The summed E-state index contributed by atoms with van der Waals surface area (Å²) in [6, 6.07) is -0.634. The van der Waals surface area contributed by atoms with Crippen LogP contribution in [0.25, 0.3) is 0 Å². The topological polar surface area (TPSA) is 69.6 Å². The highest BCUT2D eigenvalue weighted by molar-refractivity contribution is 5.76. The van der Waals surface area contributed by atoms with Gasteiger partial charge in [0.15, 0.2) is 0 Å². The zero-order chi connectivity index (χ0) is 36.4. The van der Waals surface area contributed by atoms with E-state index in [4.69, 9.17) is 0 Å². The van der Waals surface area contributed by atoms with E-state index in [-0.39, 0.29) is 12.5 Å². The van der Waals surface area contributed by atoms with Gasteiger partial charge >= 0.3 is 0 Å². The second-order valence-electron chi connectivity index (χ2n) is 15.5. The van der Waals surface area contributed by atoms with Gasteiger partial charge in [0.2, 0.25) is 5.91 Å². The maximum atomic E-state index is 12.4. The molecule has 0 saturated heterocycles. The molecule has 0 radical (unpaired) electrons. The van der Waals surface area contributed by atoms with Gasteiger partial charge in [0.25, 0.3) is 0 Å². The molecule has 0 aromatic carbocycles. The number of nitrogens with one attached hydrogen (secondary N) is 1. The van der Waals surface area contributed by atoms with Crippen molar-refractivity contribution in [3.05, 3.63) is 24.3 Å². The average molecular weight is 704 g/mol. The highest BCUT2D eigenvalue weighted by Gasteiger charge is 2.17. The van der Waals surface area contributed by atoms with E-state index in [9.17, 15) is 15.0 Å². The van der Waals surface area contributed by atoms with Crippen LogP contribution >= 0.6 is 0 Å². The average Bonchev–Trinajstić information content (AvgIpc) is 3.12. The SMILES string of the molecule is CCCCCCCCCCCCCCCC/C=C/CC/C=C/C(O)C(CO)NC(=O)CCCCCCCCCCCCCCCCCCCC. The number of hydrogen-bond donors (Lipinski definition) is 3. The van der Waals surface area contributed by atoms with Crippen molar-refractivity contribution in [3.8, 4) is 0 Å². The van der Waals surface area contributed by atoms with Crippen LogP contribution < -0.4 is 5.32 Å². The van der Waals surface area contributed by atoms with Gasteiger partial charge in [-0.05, 0) is 32.1 Å². The number of carbonyl (C=O) groups is 1. The number of unbranched alkanes of at least 4 members (excludes halogenated alkanes) is 32. The van der Waals surface area contributed by atoms with Crippen molar-refractivity contribution >= 4 is 5.91 Å². The van der Waals surface area contributed by atoms with Crippen LogP contribution in [0.3, 0.4) is 0 Å². The van der Waals surface area contributed by atoms with Crippen molar-refractivity contribution in [3.63, 3.8) is 0 Å². The van der Waals surface area contributed by atoms with Crippen LogP contribution in [0.5, 0.6) is 0 Å². The Morgan fingerprint density at radius 1 is 0.460 bits per heavy atom. The van der Waals surface area contributed by atoms with Gasteiger partial charge < -0.3 is 15.5 Å². The highest BCUT2D eigenvalue weighted by atomic mass is 16.3. The van der Waals surface area contributed by atoms with Crippen molar-refractivity contribution in [1.82, 2.24) is 5.32 Å². The van der Waals surface area contributed by atoms with Crippen molar-refractivity contribution in [1.29, 1.82) is 0 Å². The summed E-state index contributed by atoms with van der Waals surface area (Å²) >= 11 is 0. The summed E-state index contributed by atoms with van der Waals surface area (Å²) in [7, 11) is 0. The minimum absolute atomic E-state index is 0.0700. The molecule has 4 nitrogen and oxygen atoms in total. The standard InChI is InChI=1S/C46H89NO3/c1-3-5-7-9-11-13-15-17-19-21-23-24-25-27-29-31-33-35-37-39-41-45(49)44(43-48)47-46(50)42-40-38-36-34-32-30-28-26-22-20-18-16-14-12-10-8-6-4-2/h31,33,39,41,44-45,48-49H,3-30,32,34-38,40,42-43H2,1-2H3,(H,47,50)/b33-31+,41-39+. The zero-order valence-electron chi connectivity index (χ0n) is 33.9. The molecule has 2 atom stereocenters. The minimum atomic E-state index is -0.858. The molecule has 0 spiro atoms. The molecule has 0 aliphatic carbocycles. The molecule has 0 bridgehead atoms. The van der Waals surface area contributed by atoms with Gasteiger partial charge in [-0.2, -0.15) is 0 Å². The third-order valence-corrected chi connectivity index (χ3v) is 10.4. The maximum absolute atomic E-state index is 12.4. The Labute approximate surface area is 313 Å². The summed E-state index contributed by atoms with van der Waals surface area (Å²) < 4.78 is 0. The third-order valence-electron chi connectivity index (χ3n) is 10.4. The van der Waals surface area contributed by atoms with E-state index in [1.54, 1.807) is 6.08 Å². The Morgan fingerprint density at radius 2 is 0.780 bits per heavy atom. The molecule has 0 aromatic rings. The molecule has 0 heterocycles. The Kier molecular flexibility index (Phi) is 41.3. The Morgan fingerprint density at radius 3 is 1.16 bits per heavy atom. The van der Waals surface area contributed by atoms with E-state index in [2.05, 4.69) is 31.3 Å². The fourth-order valence-electron chi connectivity index (χ4n) is 6.96. The lowest BCUT2D eigenvalue weighted by molar-refractivity contribution is -0.123. The van der Waals surface area contributed by atoms with E-state index in [1.165, 1.54) is 193 Å². The van der Waals surface area contributed by atoms with Gasteiger partial charge in [-0.3, -0.25) is 4.79 Å². The molecular weight excluding hydrogens is 615 g/mol. The first-order chi connectivity index (χ1) is 24.7. The molecule has 0 rings (SSSR count). The van der Waals surface area contributed by atoms with E-state index >= 15 is 0 Å². The molecule has 4 heteroatoms. The number of amides is 1. The Bertz CT molecular complexity index is 720. The first-order valence-electron chi connectivity index (χ1n) is 22.6. The summed E-state index contributed by atoms with van der Waals surface area (Å²) in [5, 5.41) is 23.0. The van der Waals surface area contributed by atoms with Crippen molar-refractivity contribution in [2.75, 3.05) is 6.61 Å². The molecule has 0 aliphatic rings. The molecule has 1 amide bonds. The van der Waals surface area contributed by atoms with Crippen LogP contribution in [0.15, 0.2) is 24.3 Å². The first kappa shape index (κ1) is 48.9. The number of allylic oxidation sites excluding steroid dienone is 3. The molecule has 0 saturated carbocycles.